The first-order valence-electron chi connectivity index (χ1n) is 5.31. The monoisotopic (exact) mass is 325 g/mol. The van der Waals surface area contributed by atoms with Crippen molar-refractivity contribution in [3.05, 3.63) is 51.9 Å². The van der Waals surface area contributed by atoms with Crippen molar-refractivity contribution in [2.24, 2.45) is 0 Å². The van der Waals surface area contributed by atoms with E-state index < -0.39 is 17.3 Å². The summed E-state index contributed by atoms with van der Waals surface area (Å²) >= 11 is 3.34. The number of carboxylic acid groups (broad SMARTS) is 1. The van der Waals surface area contributed by atoms with Gasteiger partial charge in [0.1, 0.15) is 11.3 Å². The number of ether oxygens (including phenoxy) is 1. The fourth-order valence-electron chi connectivity index (χ4n) is 1.45. The van der Waals surface area contributed by atoms with Gasteiger partial charge in [0.25, 0.3) is 5.88 Å². The van der Waals surface area contributed by atoms with Gasteiger partial charge in [0, 0.05) is 10.7 Å². The molecule has 6 heteroatoms. The molecule has 1 aromatic heterocycles. The van der Waals surface area contributed by atoms with E-state index in [-0.39, 0.29) is 5.88 Å². The van der Waals surface area contributed by atoms with E-state index in [2.05, 4.69) is 20.9 Å². The highest BCUT2D eigenvalue weighted by Gasteiger charge is 2.16. The SMILES string of the molecule is Cc1cc(Oc2nccc(C(=O)O)c2F)ccc1Br. The molecule has 19 heavy (non-hydrogen) atoms. The lowest BCUT2D eigenvalue weighted by molar-refractivity contribution is 0.0690. The lowest BCUT2D eigenvalue weighted by Gasteiger charge is -2.08. The molecule has 0 saturated heterocycles. The van der Waals surface area contributed by atoms with E-state index in [1.54, 1.807) is 18.2 Å². The molecule has 2 rings (SSSR count). The molecule has 0 radical (unpaired) electrons. The van der Waals surface area contributed by atoms with Crippen molar-refractivity contribution in [3.8, 4) is 11.6 Å². The Bertz CT molecular complexity index is 646. The lowest BCUT2D eigenvalue weighted by Crippen LogP contribution is -2.03. The highest BCUT2D eigenvalue weighted by Crippen LogP contribution is 2.27. The maximum Gasteiger partial charge on any atom is 0.338 e. The van der Waals surface area contributed by atoms with Crippen LogP contribution in [-0.2, 0) is 0 Å². The zero-order valence-electron chi connectivity index (χ0n) is 9.85. The minimum Gasteiger partial charge on any atom is -0.478 e. The van der Waals surface area contributed by atoms with E-state index in [1.807, 2.05) is 6.92 Å². The summed E-state index contributed by atoms with van der Waals surface area (Å²) in [6, 6.07) is 6.16. The predicted molar refractivity (Wildman–Crippen MR) is 70.1 cm³/mol. The average Bonchev–Trinajstić information content (AvgIpc) is 2.36. The van der Waals surface area contributed by atoms with E-state index in [1.165, 1.54) is 6.20 Å². The number of hydrogen-bond acceptors (Lipinski definition) is 3. The molecule has 0 unspecified atom stereocenters. The average molecular weight is 326 g/mol. The van der Waals surface area contributed by atoms with Gasteiger partial charge < -0.3 is 9.84 Å². The van der Waals surface area contributed by atoms with E-state index in [4.69, 9.17) is 9.84 Å². The molecule has 2 aromatic rings. The normalized spacial score (nSPS) is 10.3. The summed E-state index contributed by atoms with van der Waals surface area (Å²) in [6.45, 7) is 1.86. The third-order valence-electron chi connectivity index (χ3n) is 2.43. The van der Waals surface area contributed by atoms with Gasteiger partial charge in [0.05, 0.1) is 0 Å². The maximum absolute atomic E-state index is 13.8. The smallest absolute Gasteiger partial charge is 0.338 e. The van der Waals surface area contributed by atoms with Crippen molar-refractivity contribution in [2.75, 3.05) is 0 Å². The van der Waals surface area contributed by atoms with Gasteiger partial charge >= 0.3 is 5.97 Å². The molecule has 0 fully saturated rings. The maximum atomic E-state index is 13.8. The van der Waals surface area contributed by atoms with Crippen molar-refractivity contribution in [1.82, 2.24) is 4.98 Å². The summed E-state index contributed by atoms with van der Waals surface area (Å²) in [5.41, 5.74) is 0.436. The molecule has 0 atom stereocenters. The molecule has 1 N–H and O–H groups in total. The fraction of sp³-hybridized carbons (Fsp3) is 0.0769. The molecule has 1 aromatic carbocycles. The first kappa shape index (κ1) is 13.5. The van der Waals surface area contributed by atoms with Gasteiger partial charge in [-0.1, -0.05) is 15.9 Å². The number of nitrogens with zero attached hydrogens (tertiary/aromatic N) is 1. The molecular formula is C13H9BrFNO3. The number of rotatable bonds is 3. The Kier molecular flexibility index (Phi) is 3.80. The Morgan fingerprint density at radius 3 is 2.79 bits per heavy atom. The minimum absolute atomic E-state index is 0.360. The van der Waals surface area contributed by atoms with Crippen LogP contribution in [0.2, 0.25) is 0 Å². The van der Waals surface area contributed by atoms with E-state index in [0.29, 0.717) is 5.75 Å². The lowest BCUT2D eigenvalue weighted by atomic mass is 10.2. The standard InChI is InChI=1S/C13H9BrFNO3/c1-7-6-8(2-3-10(7)14)19-12-11(15)9(13(17)18)4-5-16-12/h2-6H,1H3,(H,17,18). The molecule has 0 saturated carbocycles. The van der Waals surface area contributed by atoms with Crippen molar-refractivity contribution < 1.29 is 19.0 Å². The molecule has 98 valence electrons. The van der Waals surface area contributed by atoms with Crippen LogP contribution >= 0.6 is 15.9 Å². The van der Waals surface area contributed by atoms with Gasteiger partial charge in [-0.15, -0.1) is 0 Å². The number of aryl methyl sites for hydroxylation is 1. The zero-order chi connectivity index (χ0) is 14.0. The van der Waals surface area contributed by atoms with Crippen LogP contribution in [0.5, 0.6) is 11.6 Å². The number of benzene rings is 1. The van der Waals surface area contributed by atoms with E-state index in [0.717, 1.165) is 16.1 Å². The molecule has 0 aliphatic heterocycles. The Hall–Kier alpha value is -1.95. The summed E-state index contributed by atoms with van der Waals surface area (Å²) in [5.74, 6) is -2.33. The van der Waals surface area contributed by atoms with Gasteiger partial charge in [-0.05, 0) is 36.8 Å². The number of carbonyl (C=O) groups is 1. The third kappa shape index (κ3) is 2.90. The summed E-state index contributed by atoms with van der Waals surface area (Å²) in [4.78, 5) is 14.5. The number of aromatic nitrogens is 1. The van der Waals surface area contributed by atoms with Gasteiger partial charge in [0.2, 0.25) is 0 Å². The van der Waals surface area contributed by atoms with Crippen LogP contribution in [0.15, 0.2) is 34.9 Å². The Morgan fingerprint density at radius 1 is 1.42 bits per heavy atom. The van der Waals surface area contributed by atoms with Crippen LogP contribution in [0, 0.1) is 12.7 Å². The van der Waals surface area contributed by atoms with Crippen molar-refractivity contribution in [3.63, 3.8) is 0 Å². The van der Waals surface area contributed by atoms with Crippen molar-refractivity contribution >= 4 is 21.9 Å². The first-order valence-corrected chi connectivity index (χ1v) is 6.10. The Labute approximate surface area is 117 Å². The summed E-state index contributed by atoms with van der Waals surface area (Å²) in [6.07, 6.45) is 1.19. The molecule has 0 aliphatic rings. The molecule has 1 heterocycles. The van der Waals surface area contributed by atoms with Gasteiger partial charge in [0.15, 0.2) is 5.82 Å². The Morgan fingerprint density at radius 2 is 2.16 bits per heavy atom. The molecule has 0 bridgehead atoms. The van der Waals surface area contributed by atoms with Crippen LogP contribution in [0.25, 0.3) is 0 Å². The van der Waals surface area contributed by atoms with Crippen LogP contribution < -0.4 is 4.74 Å². The van der Waals surface area contributed by atoms with E-state index in [9.17, 15) is 9.18 Å². The quantitative estimate of drug-likeness (QED) is 0.932. The highest BCUT2D eigenvalue weighted by atomic mass is 79.9. The van der Waals surface area contributed by atoms with Crippen molar-refractivity contribution in [1.29, 1.82) is 0 Å². The second-order valence-corrected chi connectivity index (χ2v) is 4.65. The van der Waals surface area contributed by atoms with Crippen LogP contribution in [0.1, 0.15) is 15.9 Å². The molecular weight excluding hydrogens is 317 g/mol. The topological polar surface area (TPSA) is 59.4 Å². The van der Waals surface area contributed by atoms with Crippen LogP contribution in [0.4, 0.5) is 4.39 Å². The predicted octanol–water partition coefficient (Wildman–Crippen LogP) is 3.78. The number of halogens is 2. The first-order chi connectivity index (χ1) is 8.99. The number of pyridine rings is 1. The zero-order valence-corrected chi connectivity index (χ0v) is 11.4. The number of carboxylic acids is 1. The Balaban J connectivity index is 2.35. The highest BCUT2D eigenvalue weighted by molar-refractivity contribution is 9.10. The second-order valence-electron chi connectivity index (χ2n) is 3.80. The molecule has 4 nitrogen and oxygen atoms in total. The second kappa shape index (κ2) is 5.36. The van der Waals surface area contributed by atoms with E-state index >= 15 is 0 Å². The van der Waals surface area contributed by atoms with Crippen LogP contribution in [-0.4, -0.2) is 16.1 Å². The largest absolute Gasteiger partial charge is 0.478 e. The fourth-order valence-corrected chi connectivity index (χ4v) is 1.70. The molecule has 0 amide bonds. The third-order valence-corrected chi connectivity index (χ3v) is 3.32. The summed E-state index contributed by atoms with van der Waals surface area (Å²) < 4.78 is 20.0. The number of aromatic carboxylic acids is 1. The van der Waals surface area contributed by atoms with Gasteiger partial charge in [-0.2, -0.15) is 0 Å². The van der Waals surface area contributed by atoms with Gasteiger partial charge in [-0.25, -0.2) is 14.2 Å². The van der Waals surface area contributed by atoms with Gasteiger partial charge in [-0.3, -0.25) is 0 Å². The summed E-state index contributed by atoms with van der Waals surface area (Å²) in [5, 5.41) is 8.81. The summed E-state index contributed by atoms with van der Waals surface area (Å²) in [7, 11) is 0. The molecule has 0 spiro atoms. The molecule has 0 aliphatic carbocycles. The van der Waals surface area contributed by atoms with Crippen LogP contribution in [0.3, 0.4) is 0 Å². The minimum atomic E-state index is -1.36. The van der Waals surface area contributed by atoms with Crippen molar-refractivity contribution in [2.45, 2.75) is 6.92 Å². The number of hydrogen-bond donors (Lipinski definition) is 1.